The number of carbonyl (C=O) groups is 1. The molecule has 0 bridgehead atoms. The number of esters is 1. The van der Waals surface area contributed by atoms with E-state index in [1.54, 1.807) is 45.8 Å². The molecule has 3 aliphatic rings. The molecule has 2 atom stereocenters. The zero-order valence-corrected chi connectivity index (χ0v) is 28.7. The predicted octanol–water partition coefficient (Wildman–Crippen LogP) is 3.09. The highest BCUT2D eigenvalue weighted by Crippen LogP contribution is 2.39. The van der Waals surface area contributed by atoms with Crippen molar-refractivity contribution in [1.82, 2.24) is 29.7 Å². The van der Waals surface area contributed by atoms with Crippen LogP contribution in [0.15, 0.2) is 34.0 Å². The van der Waals surface area contributed by atoms with E-state index in [1.807, 2.05) is 6.92 Å². The third-order valence-corrected chi connectivity index (χ3v) is 10.8. The lowest BCUT2D eigenvalue weighted by Crippen LogP contribution is -2.45. The number of carbonyl (C=O) groups excluding carboxylic acids is 1. The van der Waals surface area contributed by atoms with Crippen LogP contribution in [0.25, 0.3) is 11.4 Å². The Kier molecular flexibility index (Phi) is 13.0. The summed E-state index contributed by atoms with van der Waals surface area (Å²) in [7, 11) is -2.01. The van der Waals surface area contributed by atoms with Crippen molar-refractivity contribution in [2.75, 3.05) is 64.5 Å². The molecule has 0 saturated carbocycles. The van der Waals surface area contributed by atoms with Gasteiger partial charge in [0.25, 0.3) is 5.56 Å². The monoisotopic (exact) mass is 681 g/mol. The highest BCUT2D eigenvalue weighted by molar-refractivity contribution is 7.89. The van der Waals surface area contributed by atoms with Crippen molar-refractivity contribution in [2.24, 2.45) is 0 Å². The summed E-state index contributed by atoms with van der Waals surface area (Å²) in [5.74, 6) is 0.0897. The highest BCUT2D eigenvalue weighted by atomic mass is 35.5. The van der Waals surface area contributed by atoms with E-state index in [1.165, 1.54) is 0 Å². The van der Waals surface area contributed by atoms with Crippen molar-refractivity contribution in [3.05, 3.63) is 40.3 Å². The number of hydrogen-bond donors (Lipinski definition) is 2. The summed E-state index contributed by atoms with van der Waals surface area (Å²) in [4.78, 5) is 41.6. The average molecular weight is 682 g/mol. The Balaban J connectivity index is 0.00000480. The van der Waals surface area contributed by atoms with Crippen LogP contribution in [-0.2, 0) is 24.4 Å². The van der Waals surface area contributed by atoms with Crippen molar-refractivity contribution in [1.29, 1.82) is 0 Å². The first kappa shape index (κ1) is 36.2. The molecule has 46 heavy (non-hydrogen) atoms. The molecule has 15 heteroatoms. The largest absolute Gasteiger partial charge is 0.464 e. The first-order valence-corrected chi connectivity index (χ1v) is 17.7. The summed E-state index contributed by atoms with van der Waals surface area (Å²) in [6.07, 6.45) is 4.65. The molecule has 0 radical (unpaired) electrons. The van der Waals surface area contributed by atoms with Crippen LogP contribution in [0.3, 0.4) is 0 Å². The number of aromatic amines is 1. The minimum absolute atomic E-state index is 0. The van der Waals surface area contributed by atoms with E-state index in [9.17, 15) is 18.0 Å². The molecule has 0 spiro atoms. The molecular weight excluding hydrogens is 634 g/mol. The van der Waals surface area contributed by atoms with E-state index < -0.39 is 10.0 Å². The smallest absolute Gasteiger partial charge is 0.305 e. The number of aromatic nitrogens is 2. The van der Waals surface area contributed by atoms with E-state index in [-0.39, 0.29) is 47.3 Å². The molecule has 0 amide bonds. The number of nitrogens with one attached hydrogen (secondary N) is 2. The van der Waals surface area contributed by atoms with Crippen molar-refractivity contribution in [3.8, 4) is 11.4 Å². The fraction of sp³-hybridized carbons (Fsp3) is 0.645. The number of fused-ring (bicyclic) bond motifs is 1. The number of rotatable bonds is 13. The Bertz CT molecular complexity index is 1470. The molecule has 1 aromatic heterocycles. The molecule has 2 fully saturated rings. The van der Waals surface area contributed by atoms with Crippen LogP contribution in [0.5, 0.6) is 0 Å². The van der Waals surface area contributed by atoms with E-state index in [4.69, 9.17) is 14.6 Å². The van der Waals surface area contributed by atoms with Crippen LogP contribution in [-0.4, -0.2) is 104 Å². The number of sulfonamides is 1. The van der Waals surface area contributed by atoms with Crippen LogP contribution < -0.4 is 15.9 Å². The molecule has 13 nitrogen and oxygen atoms in total. The number of hydrogen-bond acceptors (Lipinski definition) is 11. The lowest BCUT2D eigenvalue weighted by Gasteiger charge is -2.34. The number of piperazine rings is 1. The number of benzene rings is 1. The summed E-state index contributed by atoms with van der Waals surface area (Å²) >= 11 is 0. The van der Waals surface area contributed by atoms with Crippen LogP contribution >= 0.6 is 12.4 Å². The van der Waals surface area contributed by atoms with Gasteiger partial charge >= 0.3 is 5.97 Å². The zero-order valence-electron chi connectivity index (χ0n) is 27.1. The molecule has 5 rings (SSSR count). The maximum atomic E-state index is 13.8. The quantitative estimate of drug-likeness (QED) is 0.302. The maximum absolute atomic E-state index is 13.8. The number of piperidine rings is 1. The lowest BCUT2D eigenvalue weighted by molar-refractivity contribution is -0.184. The third kappa shape index (κ3) is 8.09. The number of hydroxylamine groups is 1. The second kappa shape index (κ2) is 16.5. The van der Waals surface area contributed by atoms with Gasteiger partial charge in [-0.3, -0.25) is 24.3 Å². The Morgan fingerprint density at radius 2 is 1.80 bits per heavy atom. The van der Waals surface area contributed by atoms with Gasteiger partial charge in [-0.1, -0.05) is 24.9 Å². The van der Waals surface area contributed by atoms with Gasteiger partial charge in [0.05, 0.1) is 17.2 Å². The number of halogens is 1. The molecule has 4 heterocycles. The van der Waals surface area contributed by atoms with E-state index in [0.29, 0.717) is 61.9 Å². The lowest BCUT2D eigenvalue weighted by atomic mass is 10.0. The first-order chi connectivity index (χ1) is 21.7. The number of nitrogens with zero attached hydrogens (tertiary/aromatic N) is 5. The zero-order chi connectivity index (χ0) is 32.0. The van der Waals surface area contributed by atoms with Gasteiger partial charge < -0.3 is 15.0 Å². The van der Waals surface area contributed by atoms with E-state index in [2.05, 4.69) is 22.1 Å². The molecule has 2 saturated heterocycles. The van der Waals surface area contributed by atoms with Crippen molar-refractivity contribution >= 4 is 34.1 Å². The number of anilines is 1. The normalized spacial score (nSPS) is 21.2. The van der Waals surface area contributed by atoms with Gasteiger partial charge in [0.15, 0.2) is 0 Å². The summed E-state index contributed by atoms with van der Waals surface area (Å²) in [5, 5.41) is 6.71. The summed E-state index contributed by atoms with van der Waals surface area (Å²) < 4.78 is 34.6. The third-order valence-electron chi connectivity index (χ3n) is 8.82. The van der Waals surface area contributed by atoms with Gasteiger partial charge in [-0.05, 0) is 56.9 Å². The molecule has 1 aromatic carbocycles. The van der Waals surface area contributed by atoms with Gasteiger partial charge in [-0.25, -0.2) is 13.4 Å². The Hall–Kier alpha value is -2.59. The Labute approximate surface area is 278 Å². The van der Waals surface area contributed by atoms with Crippen LogP contribution in [0, 0.1) is 0 Å². The Morgan fingerprint density at radius 1 is 1.07 bits per heavy atom. The highest BCUT2D eigenvalue weighted by Gasteiger charge is 2.39. The van der Waals surface area contributed by atoms with Gasteiger partial charge in [0, 0.05) is 64.3 Å². The van der Waals surface area contributed by atoms with Gasteiger partial charge in [0.1, 0.15) is 24.2 Å². The fourth-order valence-corrected chi connectivity index (χ4v) is 8.21. The predicted molar refractivity (Wildman–Crippen MR) is 178 cm³/mol. The molecule has 256 valence electrons. The second-order valence-corrected chi connectivity index (χ2v) is 13.7. The first-order valence-electron chi connectivity index (χ1n) is 16.3. The molecule has 2 N–H and O–H groups in total. The van der Waals surface area contributed by atoms with Crippen LogP contribution in [0.4, 0.5) is 5.69 Å². The molecule has 2 aromatic rings. The minimum atomic E-state index is -3.80. The summed E-state index contributed by atoms with van der Waals surface area (Å²) in [6.45, 7) is 9.68. The average Bonchev–Trinajstić information content (AvgIpc) is 3.31. The minimum Gasteiger partial charge on any atom is -0.464 e. The SMILES string of the molecule is CCCC1c2nc(-c3ccc(S(=O)(=O)N4CCCCC4CCC(=O)OCCN4CCNCC4)cc3)[nH]c(=O)c2N(C)N1OCC.Cl. The van der Waals surface area contributed by atoms with Crippen LogP contribution in [0.2, 0.25) is 0 Å². The van der Waals surface area contributed by atoms with Gasteiger partial charge in [0.2, 0.25) is 10.0 Å². The Morgan fingerprint density at radius 3 is 2.50 bits per heavy atom. The van der Waals surface area contributed by atoms with Crippen molar-refractivity contribution in [2.45, 2.75) is 75.8 Å². The molecule has 2 unspecified atom stereocenters. The number of hydrazine groups is 1. The number of ether oxygens (including phenoxy) is 1. The van der Waals surface area contributed by atoms with Gasteiger partial charge in [-0.15, -0.1) is 12.4 Å². The molecular formula is C31H48ClN7O6S. The van der Waals surface area contributed by atoms with Crippen molar-refractivity contribution in [3.63, 3.8) is 0 Å². The van der Waals surface area contributed by atoms with Gasteiger partial charge in [-0.2, -0.15) is 4.31 Å². The topological polar surface area (TPSA) is 140 Å². The van der Waals surface area contributed by atoms with E-state index >= 15 is 0 Å². The van der Waals surface area contributed by atoms with Crippen molar-refractivity contribution < 1.29 is 22.8 Å². The summed E-state index contributed by atoms with van der Waals surface area (Å²) in [5.41, 5.74) is 1.42. The summed E-state index contributed by atoms with van der Waals surface area (Å²) in [6, 6.07) is 6.03. The van der Waals surface area contributed by atoms with Crippen LogP contribution in [0.1, 0.15) is 70.5 Å². The molecule has 0 aliphatic carbocycles. The molecule has 3 aliphatic heterocycles. The second-order valence-electron chi connectivity index (χ2n) is 11.8. The number of H-pyrrole nitrogens is 1. The fourth-order valence-electron chi connectivity index (χ4n) is 6.49. The standard InChI is InChI=1S/C31H47N7O6S.ClH/c1-4-8-26-28-29(35(3)38(26)44-5-2)31(40)34-30(33-28)23-10-13-25(14-11-23)45(41,42)37-18-7-6-9-24(37)12-15-27(39)43-22-21-36-19-16-32-17-20-36;/h10-11,13-14,24,26,32H,4-9,12,15-22H2,1-3H3,(H,33,34,40);1H. The van der Waals surface area contributed by atoms with E-state index in [0.717, 1.165) is 51.9 Å². The maximum Gasteiger partial charge on any atom is 0.305 e.